The molecule has 0 atom stereocenters. The molecule has 2 aromatic rings. The summed E-state index contributed by atoms with van der Waals surface area (Å²) in [6.45, 7) is 6.45. The van der Waals surface area contributed by atoms with Gasteiger partial charge in [0.2, 0.25) is 0 Å². The van der Waals surface area contributed by atoms with Crippen molar-refractivity contribution in [3.8, 4) is 0 Å². The average Bonchev–Trinajstić information content (AvgIpc) is 2.69. The normalized spacial score (nSPS) is 11.8. The highest BCUT2D eigenvalue weighted by molar-refractivity contribution is 6.04. The van der Waals surface area contributed by atoms with Crippen molar-refractivity contribution in [1.29, 1.82) is 0 Å². The molecule has 3 heteroatoms. The Morgan fingerprint density at radius 2 is 2.00 bits per heavy atom. The van der Waals surface area contributed by atoms with Crippen molar-refractivity contribution in [3.05, 3.63) is 35.5 Å². The summed E-state index contributed by atoms with van der Waals surface area (Å²) in [5.41, 5.74) is 2.82. The fourth-order valence-electron chi connectivity index (χ4n) is 1.87. The maximum Gasteiger partial charge on any atom is 0.340 e. The molecule has 0 bridgehead atoms. The van der Waals surface area contributed by atoms with E-state index in [9.17, 15) is 4.79 Å². The molecule has 0 saturated heterocycles. The van der Waals surface area contributed by atoms with Crippen LogP contribution >= 0.6 is 0 Å². The van der Waals surface area contributed by atoms with Crippen molar-refractivity contribution >= 4 is 16.9 Å². The van der Waals surface area contributed by atoms with Gasteiger partial charge in [0.05, 0.1) is 12.7 Å². The van der Waals surface area contributed by atoms with Gasteiger partial charge in [0.15, 0.2) is 0 Å². The average molecular weight is 231 g/mol. The van der Waals surface area contributed by atoms with Crippen LogP contribution in [-0.2, 0) is 10.2 Å². The quantitative estimate of drug-likeness (QED) is 0.765. The largest absolute Gasteiger partial charge is 0.465 e. The molecule has 90 valence electrons. The number of esters is 1. The van der Waals surface area contributed by atoms with Gasteiger partial charge in [0.25, 0.3) is 0 Å². The summed E-state index contributed by atoms with van der Waals surface area (Å²) in [5.74, 6) is -0.303. The van der Waals surface area contributed by atoms with E-state index in [4.69, 9.17) is 4.74 Å². The number of nitrogens with one attached hydrogen (secondary N) is 1. The Bertz CT molecular complexity index is 561. The van der Waals surface area contributed by atoms with Crippen LogP contribution < -0.4 is 0 Å². The number of methoxy groups -OCH3 is 1. The molecular formula is C14H17NO2. The molecular weight excluding hydrogens is 214 g/mol. The minimum absolute atomic E-state index is 0.0683. The van der Waals surface area contributed by atoms with Crippen LogP contribution in [0.25, 0.3) is 10.9 Å². The second-order valence-electron chi connectivity index (χ2n) is 5.20. The Labute approximate surface area is 101 Å². The Morgan fingerprint density at radius 3 is 2.59 bits per heavy atom. The third kappa shape index (κ3) is 2.05. The molecule has 1 N–H and O–H groups in total. The van der Waals surface area contributed by atoms with E-state index in [1.54, 1.807) is 6.20 Å². The van der Waals surface area contributed by atoms with Crippen LogP contribution in [-0.4, -0.2) is 18.1 Å². The van der Waals surface area contributed by atoms with E-state index in [-0.39, 0.29) is 11.4 Å². The number of ether oxygens (including phenoxy) is 1. The van der Waals surface area contributed by atoms with Gasteiger partial charge in [-0.25, -0.2) is 4.79 Å². The number of rotatable bonds is 1. The summed E-state index contributed by atoms with van der Waals surface area (Å²) in [6, 6.07) is 6.14. The number of benzene rings is 1. The summed E-state index contributed by atoms with van der Waals surface area (Å²) < 4.78 is 4.77. The second-order valence-corrected chi connectivity index (χ2v) is 5.20. The molecule has 0 radical (unpaired) electrons. The molecule has 1 heterocycles. The van der Waals surface area contributed by atoms with E-state index in [0.717, 1.165) is 10.9 Å². The van der Waals surface area contributed by atoms with Crippen LogP contribution in [0.1, 0.15) is 36.7 Å². The van der Waals surface area contributed by atoms with Gasteiger partial charge in [0, 0.05) is 17.1 Å². The summed E-state index contributed by atoms with van der Waals surface area (Å²) in [6.07, 6.45) is 1.70. The number of hydrogen-bond donors (Lipinski definition) is 1. The first-order valence-corrected chi connectivity index (χ1v) is 5.63. The first-order chi connectivity index (χ1) is 7.93. The Morgan fingerprint density at radius 1 is 1.29 bits per heavy atom. The molecule has 0 amide bonds. The summed E-state index contributed by atoms with van der Waals surface area (Å²) in [5, 5.41) is 0.921. The zero-order valence-electron chi connectivity index (χ0n) is 10.6. The van der Waals surface area contributed by atoms with E-state index < -0.39 is 0 Å². The number of hydrogen-bond acceptors (Lipinski definition) is 2. The Hall–Kier alpha value is -1.77. The smallest absolute Gasteiger partial charge is 0.340 e. The number of aromatic amines is 1. The molecule has 3 nitrogen and oxygen atoms in total. The molecule has 0 saturated carbocycles. The molecule has 0 unspecified atom stereocenters. The number of carbonyl (C=O) groups is 1. The van der Waals surface area contributed by atoms with Gasteiger partial charge in [-0.1, -0.05) is 26.8 Å². The molecule has 0 aliphatic heterocycles. The maximum absolute atomic E-state index is 11.6. The first kappa shape index (κ1) is 11.7. The van der Waals surface area contributed by atoms with Crippen LogP contribution in [0, 0.1) is 0 Å². The molecule has 2 rings (SSSR count). The summed E-state index contributed by atoms with van der Waals surface area (Å²) >= 11 is 0. The maximum atomic E-state index is 11.6. The van der Waals surface area contributed by atoms with Gasteiger partial charge in [-0.2, -0.15) is 0 Å². The van der Waals surface area contributed by atoms with Gasteiger partial charge in [-0.3, -0.25) is 0 Å². The highest BCUT2D eigenvalue weighted by atomic mass is 16.5. The lowest BCUT2D eigenvalue weighted by molar-refractivity contribution is 0.0603. The van der Waals surface area contributed by atoms with Gasteiger partial charge in [-0.15, -0.1) is 0 Å². The highest BCUT2D eigenvalue weighted by Crippen LogP contribution is 2.27. The minimum atomic E-state index is -0.303. The van der Waals surface area contributed by atoms with Crippen LogP contribution in [0.15, 0.2) is 24.4 Å². The molecule has 0 spiro atoms. The fraction of sp³-hybridized carbons (Fsp3) is 0.357. The predicted octanol–water partition coefficient (Wildman–Crippen LogP) is 3.25. The van der Waals surface area contributed by atoms with Crippen molar-refractivity contribution in [1.82, 2.24) is 4.98 Å². The molecule has 0 aliphatic rings. The third-order valence-electron chi connectivity index (χ3n) is 2.95. The molecule has 0 aliphatic carbocycles. The van der Waals surface area contributed by atoms with Crippen molar-refractivity contribution in [2.45, 2.75) is 26.2 Å². The van der Waals surface area contributed by atoms with E-state index in [0.29, 0.717) is 5.56 Å². The zero-order valence-corrected chi connectivity index (χ0v) is 10.6. The lowest BCUT2D eigenvalue weighted by Crippen LogP contribution is -2.10. The van der Waals surface area contributed by atoms with Gasteiger partial charge in [-0.05, 0) is 23.1 Å². The Kier molecular flexibility index (Phi) is 2.69. The van der Waals surface area contributed by atoms with Crippen LogP contribution in [0.4, 0.5) is 0 Å². The fourth-order valence-corrected chi connectivity index (χ4v) is 1.87. The lowest BCUT2D eigenvalue weighted by Gasteiger charge is -2.19. The van der Waals surface area contributed by atoms with E-state index >= 15 is 0 Å². The van der Waals surface area contributed by atoms with Gasteiger partial charge in [0.1, 0.15) is 0 Å². The number of carbonyl (C=O) groups excluding carboxylic acids is 1. The number of fused-ring (bicyclic) bond motifs is 1. The monoisotopic (exact) mass is 231 g/mol. The van der Waals surface area contributed by atoms with Crippen molar-refractivity contribution < 1.29 is 9.53 Å². The van der Waals surface area contributed by atoms with Gasteiger partial charge < -0.3 is 9.72 Å². The van der Waals surface area contributed by atoms with Crippen LogP contribution in [0.3, 0.4) is 0 Å². The van der Waals surface area contributed by atoms with Crippen LogP contribution in [0.5, 0.6) is 0 Å². The summed E-state index contributed by atoms with van der Waals surface area (Å²) in [4.78, 5) is 14.7. The predicted molar refractivity (Wildman–Crippen MR) is 68.3 cm³/mol. The van der Waals surface area contributed by atoms with Crippen molar-refractivity contribution in [3.63, 3.8) is 0 Å². The summed E-state index contributed by atoms with van der Waals surface area (Å²) in [7, 11) is 1.40. The minimum Gasteiger partial charge on any atom is -0.465 e. The zero-order chi connectivity index (χ0) is 12.6. The highest BCUT2D eigenvalue weighted by Gasteiger charge is 2.17. The standard InChI is InChI=1S/C14H17NO2/c1-14(2,3)9-5-6-12-10(7-9)11(8-15-12)13(16)17-4/h5-8,15H,1-4H3. The lowest BCUT2D eigenvalue weighted by atomic mass is 9.86. The van der Waals surface area contributed by atoms with E-state index in [1.165, 1.54) is 12.7 Å². The molecule has 17 heavy (non-hydrogen) atoms. The van der Waals surface area contributed by atoms with Crippen molar-refractivity contribution in [2.24, 2.45) is 0 Å². The van der Waals surface area contributed by atoms with Gasteiger partial charge >= 0.3 is 5.97 Å². The molecule has 1 aromatic carbocycles. The molecule has 0 fully saturated rings. The van der Waals surface area contributed by atoms with E-state index in [1.807, 2.05) is 6.07 Å². The number of H-pyrrole nitrogens is 1. The topological polar surface area (TPSA) is 42.1 Å². The first-order valence-electron chi connectivity index (χ1n) is 5.63. The third-order valence-corrected chi connectivity index (χ3v) is 2.95. The molecule has 1 aromatic heterocycles. The van der Waals surface area contributed by atoms with Crippen LogP contribution in [0.2, 0.25) is 0 Å². The van der Waals surface area contributed by atoms with E-state index in [2.05, 4.69) is 37.9 Å². The SMILES string of the molecule is COC(=O)c1c[nH]c2ccc(C(C)(C)C)cc12. The second kappa shape index (κ2) is 3.91. The number of aromatic nitrogens is 1. The Balaban J connectivity index is 2.62. The van der Waals surface area contributed by atoms with Crippen molar-refractivity contribution in [2.75, 3.05) is 7.11 Å².